The van der Waals surface area contributed by atoms with Gasteiger partial charge < -0.3 is 24.5 Å². The summed E-state index contributed by atoms with van der Waals surface area (Å²) in [6.07, 6.45) is 5.01. The van der Waals surface area contributed by atoms with E-state index in [-0.39, 0.29) is 30.1 Å². The molecule has 154 valence electrons. The summed E-state index contributed by atoms with van der Waals surface area (Å²) in [5, 5.41) is 6.79. The van der Waals surface area contributed by atoms with Gasteiger partial charge in [-0.2, -0.15) is 0 Å². The van der Waals surface area contributed by atoms with E-state index in [0.29, 0.717) is 6.54 Å². The number of nitrogens with zero attached hydrogens (tertiary/aromatic N) is 1. The Labute approximate surface area is 184 Å². The molecule has 6 nitrogen and oxygen atoms in total. The van der Waals surface area contributed by atoms with E-state index in [1.54, 1.807) is 13.4 Å². The fourth-order valence-electron chi connectivity index (χ4n) is 3.15. The molecule has 0 spiro atoms. The van der Waals surface area contributed by atoms with Gasteiger partial charge in [-0.05, 0) is 55.2 Å². The van der Waals surface area contributed by atoms with Crippen molar-refractivity contribution in [1.29, 1.82) is 0 Å². The van der Waals surface area contributed by atoms with Gasteiger partial charge >= 0.3 is 0 Å². The topological polar surface area (TPSA) is 68.0 Å². The number of halogens is 1. The molecule has 0 saturated carbocycles. The predicted molar refractivity (Wildman–Crippen MR) is 122 cm³/mol. The van der Waals surface area contributed by atoms with Crippen LogP contribution in [0.1, 0.15) is 29.7 Å². The normalized spacial score (nSPS) is 16.5. The van der Waals surface area contributed by atoms with Crippen molar-refractivity contribution in [3.05, 3.63) is 53.5 Å². The quantitative estimate of drug-likeness (QED) is 0.330. The molecule has 1 unspecified atom stereocenters. The molecule has 2 N–H and O–H groups in total. The molecule has 1 aliphatic heterocycles. The van der Waals surface area contributed by atoms with Crippen molar-refractivity contribution in [2.24, 2.45) is 4.99 Å². The van der Waals surface area contributed by atoms with Crippen LogP contribution < -0.4 is 15.4 Å². The highest BCUT2D eigenvalue weighted by atomic mass is 127. The largest absolute Gasteiger partial charge is 0.497 e. The lowest BCUT2D eigenvalue weighted by molar-refractivity contribution is 0.114. The number of methoxy groups -OCH3 is 1. The van der Waals surface area contributed by atoms with Gasteiger partial charge in [0.15, 0.2) is 5.96 Å². The molecule has 1 aromatic heterocycles. The molecule has 1 atom stereocenters. The molecule has 0 amide bonds. The molecule has 2 heterocycles. The fraction of sp³-hybridized carbons (Fsp3) is 0.476. The van der Waals surface area contributed by atoms with Gasteiger partial charge in [-0.15, -0.1) is 24.0 Å². The average Bonchev–Trinajstić information content (AvgIpc) is 3.37. The lowest BCUT2D eigenvalue weighted by Crippen LogP contribution is -2.41. The number of hydrogen-bond donors (Lipinski definition) is 2. The summed E-state index contributed by atoms with van der Waals surface area (Å²) in [5.74, 6) is 2.61. The monoisotopic (exact) mass is 499 g/mol. The number of hydrogen-bond acceptors (Lipinski definition) is 4. The van der Waals surface area contributed by atoms with Crippen LogP contribution in [-0.4, -0.2) is 38.9 Å². The van der Waals surface area contributed by atoms with E-state index in [2.05, 4.69) is 23.6 Å². The average molecular weight is 499 g/mol. The molecule has 0 aliphatic carbocycles. The highest BCUT2D eigenvalue weighted by Gasteiger charge is 2.15. The minimum Gasteiger partial charge on any atom is -0.497 e. The second-order valence-corrected chi connectivity index (χ2v) is 6.80. The number of aryl methyl sites for hydroxylation is 1. The lowest BCUT2D eigenvalue weighted by Gasteiger charge is -2.15. The van der Waals surface area contributed by atoms with E-state index in [4.69, 9.17) is 18.9 Å². The summed E-state index contributed by atoms with van der Waals surface area (Å²) in [6, 6.07) is 10.1. The van der Waals surface area contributed by atoms with Crippen molar-refractivity contribution in [2.75, 3.05) is 26.8 Å². The Kier molecular flexibility index (Phi) is 9.63. The standard InChI is InChI=1S/C21H29N3O3.HI/c1-16-11-17(13-20(12-16)25-2)14-23-21(24-15-19-6-4-10-27-19)22-8-7-18-5-3-9-26-18;/h3,5,9,11-13,19H,4,6-8,10,14-15H2,1-2H3,(H2,22,23,24);1H. The van der Waals surface area contributed by atoms with Crippen molar-refractivity contribution in [1.82, 2.24) is 10.6 Å². The van der Waals surface area contributed by atoms with Crippen LogP contribution in [0.4, 0.5) is 0 Å². The van der Waals surface area contributed by atoms with Crippen molar-refractivity contribution in [2.45, 2.75) is 38.8 Å². The van der Waals surface area contributed by atoms with Crippen LogP contribution in [0.25, 0.3) is 0 Å². The molecular weight excluding hydrogens is 469 g/mol. The predicted octanol–water partition coefficient (Wildman–Crippen LogP) is 3.67. The SMILES string of the molecule is COc1cc(C)cc(CN=C(NCCc2ccco2)NCC2CCCO2)c1.I. The summed E-state index contributed by atoms with van der Waals surface area (Å²) in [5.41, 5.74) is 2.29. The van der Waals surface area contributed by atoms with Crippen LogP contribution in [0.15, 0.2) is 46.0 Å². The summed E-state index contributed by atoms with van der Waals surface area (Å²) in [6.45, 7) is 5.02. The van der Waals surface area contributed by atoms with Gasteiger partial charge in [0.1, 0.15) is 11.5 Å². The molecule has 1 fully saturated rings. The summed E-state index contributed by atoms with van der Waals surface area (Å²) < 4.78 is 16.4. The summed E-state index contributed by atoms with van der Waals surface area (Å²) in [7, 11) is 1.69. The van der Waals surface area contributed by atoms with Gasteiger partial charge in [0.25, 0.3) is 0 Å². The van der Waals surface area contributed by atoms with Gasteiger partial charge in [-0.3, -0.25) is 0 Å². The van der Waals surface area contributed by atoms with Crippen LogP contribution in [0, 0.1) is 6.92 Å². The number of guanidine groups is 1. The third-order valence-electron chi connectivity index (χ3n) is 4.53. The first-order valence-corrected chi connectivity index (χ1v) is 9.53. The first-order chi connectivity index (χ1) is 13.2. The number of ether oxygens (including phenoxy) is 2. The summed E-state index contributed by atoms with van der Waals surface area (Å²) >= 11 is 0. The zero-order chi connectivity index (χ0) is 18.9. The van der Waals surface area contributed by atoms with Crippen molar-refractivity contribution in [3.8, 4) is 5.75 Å². The number of rotatable bonds is 8. The third kappa shape index (κ3) is 7.35. The Balaban J connectivity index is 0.00000280. The Morgan fingerprint density at radius 1 is 1.29 bits per heavy atom. The van der Waals surface area contributed by atoms with Gasteiger partial charge in [0.05, 0.1) is 26.0 Å². The van der Waals surface area contributed by atoms with Gasteiger partial charge in [-0.1, -0.05) is 6.07 Å². The Bertz CT molecular complexity index is 729. The van der Waals surface area contributed by atoms with Crippen molar-refractivity contribution < 1.29 is 13.9 Å². The van der Waals surface area contributed by atoms with Gasteiger partial charge in [0, 0.05) is 26.1 Å². The first kappa shape index (κ1) is 22.5. The van der Waals surface area contributed by atoms with E-state index in [9.17, 15) is 0 Å². The second kappa shape index (κ2) is 12.0. The van der Waals surface area contributed by atoms with Crippen molar-refractivity contribution in [3.63, 3.8) is 0 Å². The number of aliphatic imine (C=N–C) groups is 1. The maximum absolute atomic E-state index is 5.70. The zero-order valence-electron chi connectivity index (χ0n) is 16.6. The molecule has 1 saturated heterocycles. The van der Waals surface area contributed by atoms with Crippen LogP contribution in [0.3, 0.4) is 0 Å². The molecule has 1 aromatic carbocycles. The van der Waals surface area contributed by atoms with Crippen LogP contribution in [-0.2, 0) is 17.7 Å². The molecule has 0 bridgehead atoms. The first-order valence-electron chi connectivity index (χ1n) is 9.53. The maximum Gasteiger partial charge on any atom is 0.191 e. The Hall–Kier alpha value is -1.74. The molecule has 1 aliphatic rings. The van der Waals surface area contributed by atoms with Gasteiger partial charge in [-0.25, -0.2) is 4.99 Å². The molecule has 0 radical (unpaired) electrons. The summed E-state index contributed by atoms with van der Waals surface area (Å²) in [4.78, 5) is 4.74. The highest BCUT2D eigenvalue weighted by molar-refractivity contribution is 14.0. The number of nitrogens with one attached hydrogen (secondary N) is 2. The minimum atomic E-state index is 0. The third-order valence-corrected chi connectivity index (χ3v) is 4.53. The lowest BCUT2D eigenvalue weighted by atomic mass is 10.1. The molecular formula is C21H30IN3O3. The van der Waals surface area contributed by atoms with Crippen molar-refractivity contribution >= 4 is 29.9 Å². The maximum atomic E-state index is 5.70. The van der Waals surface area contributed by atoms with Crippen LogP contribution in [0.2, 0.25) is 0 Å². The highest BCUT2D eigenvalue weighted by Crippen LogP contribution is 2.17. The van der Waals surface area contributed by atoms with E-state index >= 15 is 0 Å². The van der Waals surface area contributed by atoms with Crippen LogP contribution >= 0.6 is 24.0 Å². The second-order valence-electron chi connectivity index (χ2n) is 6.80. The fourth-order valence-corrected chi connectivity index (χ4v) is 3.15. The van der Waals surface area contributed by atoms with Crippen LogP contribution in [0.5, 0.6) is 5.75 Å². The van der Waals surface area contributed by atoms with E-state index < -0.39 is 0 Å². The van der Waals surface area contributed by atoms with E-state index in [1.165, 1.54) is 5.56 Å². The Morgan fingerprint density at radius 3 is 2.89 bits per heavy atom. The minimum absolute atomic E-state index is 0. The smallest absolute Gasteiger partial charge is 0.191 e. The molecule has 3 rings (SSSR count). The number of furan rings is 1. The Morgan fingerprint density at radius 2 is 2.18 bits per heavy atom. The molecule has 2 aromatic rings. The number of benzene rings is 1. The molecule has 7 heteroatoms. The van der Waals surface area contributed by atoms with E-state index in [0.717, 1.165) is 62.0 Å². The van der Waals surface area contributed by atoms with Gasteiger partial charge in [0.2, 0.25) is 0 Å². The van der Waals surface area contributed by atoms with E-state index in [1.807, 2.05) is 24.3 Å². The zero-order valence-corrected chi connectivity index (χ0v) is 18.9. The molecule has 28 heavy (non-hydrogen) atoms.